The molecule has 0 aliphatic carbocycles. The summed E-state index contributed by atoms with van der Waals surface area (Å²) >= 11 is 0. The van der Waals surface area contributed by atoms with E-state index in [9.17, 15) is 9.90 Å². The Morgan fingerprint density at radius 3 is 2.50 bits per heavy atom. The minimum atomic E-state index is -1.00. The predicted octanol–water partition coefficient (Wildman–Crippen LogP) is 3.83. The zero-order chi connectivity index (χ0) is 17.1. The van der Waals surface area contributed by atoms with Crippen LogP contribution in [0.25, 0.3) is 11.6 Å². The maximum atomic E-state index is 11.7. The molecule has 1 aliphatic heterocycles. The third-order valence-corrected chi connectivity index (χ3v) is 3.48. The lowest BCUT2D eigenvalue weighted by atomic mass is 10.0. The molecule has 0 atom stereocenters. The Kier molecular flexibility index (Phi) is 4.42. The van der Waals surface area contributed by atoms with Crippen molar-refractivity contribution >= 4 is 17.6 Å². The first-order valence-corrected chi connectivity index (χ1v) is 7.64. The first kappa shape index (κ1) is 15.9. The minimum Gasteiger partial charge on any atom is -0.491 e. The molecular weight excluding hydrogens is 308 g/mol. The van der Waals surface area contributed by atoms with Crippen LogP contribution in [0.3, 0.4) is 0 Å². The molecule has 2 aromatic carbocycles. The molecule has 3 rings (SSSR count). The molecule has 0 amide bonds. The normalized spacial score (nSPS) is 13.2. The number of carbonyl (C=O) groups is 1. The lowest BCUT2D eigenvalue weighted by Crippen LogP contribution is -2.05. The lowest BCUT2D eigenvalue weighted by molar-refractivity contribution is -0.130. The molecule has 1 heterocycles. The molecule has 0 fully saturated rings. The van der Waals surface area contributed by atoms with Crippen molar-refractivity contribution in [3.63, 3.8) is 0 Å². The summed E-state index contributed by atoms with van der Waals surface area (Å²) in [4.78, 5) is 11.7. The number of ether oxygens (including phenoxy) is 3. The van der Waals surface area contributed by atoms with E-state index in [1.54, 1.807) is 24.3 Å². The lowest BCUT2D eigenvalue weighted by Gasteiger charge is -2.09. The summed E-state index contributed by atoms with van der Waals surface area (Å²) in [5, 5.41) is 9.55. The van der Waals surface area contributed by atoms with Gasteiger partial charge in [0, 0.05) is 0 Å². The fourth-order valence-electron chi connectivity index (χ4n) is 2.41. The fraction of sp³-hybridized carbons (Fsp3) is 0.211. The largest absolute Gasteiger partial charge is 0.491 e. The smallest absolute Gasteiger partial charge is 0.336 e. The Labute approximate surface area is 140 Å². The van der Waals surface area contributed by atoms with Gasteiger partial charge >= 0.3 is 5.97 Å². The summed E-state index contributed by atoms with van der Waals surface area (Å²) in [6.45, 7) is 4.06. The summed E-state index contributed by atoms with van der Waals surface area (Å²) in [6, 6.07) is 12.4. The molecule has 0 saturated carbocycles. The quantitative estimate of drug-likeness (QED) is 0.668. The number of rotatable bonds is 5. The Morgan fingerprint density at radius 1 is 1.12 bits per heavy atom. The highest BCUT2D eigenvalue weighted by Gasteiger charge is 2.17. The summed E-state index contributed by atoms with van der Waals surface area (Å²) in [5.74, 6) is 0.928. The number of carboxylic acids is 1. The van der Waals surface area contributed by atoms with E-state index in [4.69, 9.17) is 14.2 Å². The van der Waals surface area contributed by atoms with Gasteiger partial charge in [-0.05, 0) is 55.3 Å². The average molecular weight is 326 g/mol. The summed E-state index contributed by atoms with van der Waals surface area (Å²) in [6.07, 6.45) is 1.72. The Hall–Kier alpha value is -2.95. The van der Waals surface area contributed by atoms with Crippen LogP contribution in [0.5, 0.6) is 17.2 Å². The monoisotopic (exact) mass is 326 g/mol. The van der Waals surface area contributed by atoms with Crippen molar-refractivity contribution in [2.45, 2.75) is 20.0 Å². The summed E-state index contributed by atoms with van der Waals surface area (Å²) in [5.41, 5.74) is 1.53. The standard InChI is InChI=1S/C19H18O5/c1-12(2)24-15-6-3-13(4-7-15)9-16(19(20)21)14-5-8-17-18(10-14)23-11-22-17/h3-10,12H,11H2,1-2H3,(H,20,21)/b16-9-. The van der Waals surface area contributed by atoms with Crippen molar-refractivity contribution in [2.75, 3.05) is 6.79 Å². The molecule has 1 aliphatic rings. The van der Waals surface area contributed by atoms with Crippen LogP contribution in [0.2, 0.25) is 0 Å². The zero-order valence-electron chi connectivity index (χ0n) is 13.5. The van der Waals surface area contributed by atoms with E-state index in [1.807, 2.05) is 38.1 Å². The molecule has 124 valence electrons. The second-order valence-corrected chi connectivity index (χ2v) is 5.67. The van der Waals surface area contributed by atoms with Gasteiger partial charge in [-0.25, -0.2) is 4.79 Å². The van der Waals surface area contributed by atoms with E-state index in [2.05, 4.69) is 0 Å². The minimum absolute atomic E-state index is 0.0922. The van der Waals surface area contributed by atoms with Crippen LogP contribution in [0.15, 0.2) is 42.5 Å². The van der Waals surface area contributed by atoms with Crippen LogP contribution in [-0.2, 0) is 4.79 Å². The number of aliphatic carboxylic acids is 1. The van der Waals surface area contributed by atoms with E-state index in [0.717, 1.165) is 11.3 Å². The number of benzene rings is 2. The van der Waals surface area contributed by atoms with Crippen molar-refractivity contribution in [3.8, 4) is 17.2 Å². The maximum absolute atomic E-state index is 11.7. The van der Waals surface area contributed by atoms with Crippen LogP contribution in [0.1, 0.15) is 25.0 Å². The average Bonchev–Trinajstić information content (AvgIpc) is 3.00. The van der Waals surface area contributed by atoms with Crippen molar-refractivity contribution in [1.82, 2.24) is 0 Å². The van der Waals surface area contributed by atoms with Gasteiger partial charge in [-0.2, -0.15) is 0 Å². The fourth-order valence-corrected chi connectivity index (χ4v) is 2.41. The van der Waals surface area contributed by atoms with Crippen LogP contribution in [0, 0.1) is 0 Å². The molecule has 0 aromatic heterocycles. The SMILES string of the molecule is CC(C)Oc1ccc(/C=C(\C(=O)O)c2ccc3c(c2)OCO3)cc1. The molecular formula is C19H18O5. The Morgan fingerprint density at radius 2 is 1.83 bits per heavy atom. The van der Waals surface area contributed by atoms with Gasteiger partial charge in [-0.15, -0.1) is 0 Å². The van der Waals surface area contributed by atoms with E-state index in [0.29, 0.717) is 17.1 Å². The van der Waals surface area contributed by atoms with Gasteiger partial charge in [0.2, 0.25) is 6.79 Å². The van der Waals surface area contributed by atoms with Crippen LogP contribution >= 0.6 is 0 Å². The Bertz CT molecular complexity index is 775. The maximum Gasteiger partial charge on any atom is 0.336 e. The number of fused-ring (bicyclic) bond motifs is 1. The third-order valence-electron chi connectivity index (χ3n) is 3.48. The number of hydrogen-bond donors (Lipinski definition) is 1. The molecule has 0 spiro atoms. The first-order valence-electron chi connectivity index (χ1n) is 7.64. The molecule has 1 N–H and O–H groups in total. The predicted molar refractivity (Wildman–Crippen MR) is 90.3 cm³/mol. The van der Waals surface area contributed by atoms with Crippen LogP contribution in [0.4, 0.5) is 0 Å². The highest BCUT2D eigenvalue weighted by atomic mass is 16.7. The second kappa shape index (κ2) is 6.66. The topological polar surface area (TPSA) is 65.0 Å². The van der Waals surface area contributed by atoms with Crippen molar-refractivity contribution in [3.05, 3.63) is 53.6 Å². The molecule has 5 nitrogen and oxygen atoms in total. The van der Waals surface area contributed by atoms with E-state index < -0.39 is 5.97 Å². The van der Waals surface area contributed by atoms with Crippen LogP contribution < -0.4 is 14.2 Å². The van der Waals surface area contributed by atoms with E-state index in [1.165, 1.54) is 0 Å². The third kappa shape index (κ3) is 3.51. The highest BCUT2D eigenvalue weighted by Crippen LogP contribution is 2.35. The molecule has 0 saturated heterocycles. The van der Waals surface area contributed by atoms with Gasteiger partial charge in [0.25, 0.3) is 0 Å². The number of hydrogen-bond acceptors (Lipinski definition) is 4. The Balaban J connectivity index is 1.90. The molecule has 0 bridgehead atoms. The van der Waals surface area contributed by atoms with Gasteiger partial charge in [0.1, 0.15) is 5.75 Å². The summed E-state index contributed by atoms with van der Waals surface area (Å²) in [7, 11) is 0. The van der Waals surface area contributed by atoms with Gasteiger partial charge in [-0.1, -0.05) is 18.2 Å². The number of carboxylic acid groups (broad SMARTS) is 1. The summed E-state index contributed by atoms with van der Waals surface area (Å²) < 4.78 is 16.2. The first-order chi connectivity index (χ1) is 11.5. The van der Waals surface area contributed by atoms with E-state index in [-0.39, 0.29) is 18.5 Å². The zero-order valence-corrected chi connectivity index (χ0v) is 13.5. The molecule has 0 radical (unpaired) electrons. The molecule has 2 aromatic rings. The highest BCUT2D eigenvalue weighted by molar-refractivity contribution is 6.20. The van der Waals surface area contributed by atoms with Crippen molar-refractivity contribution in [2.24, 2.45) is 0 Å². The molecule has 5 heteroatoms. The van der Waals surface area contributed by atoms with Crippen LogP contribution in [-0.4, -0.2) is 24.0 Å². The molecule has 0 unspecified atom stereocenters. The van der Waals surface area contributed by atoms with Gasteiger partial charge in [-0.3, -0.25) is 0 Å². The van der Waals surface area contributed by atoms with Crippen molar-refractivity contribution < 1.29 is 24.1 Å². The van der Waals surface area contributed by atoms with Gasteiger partial charge < -0.3 is 19.3 Å². The molecule has 24 heavy (non-hydrogen) atoms. The van der Waals surface area contributed by atoms with E-state index >= 15 is 0 Å². The van der Waals surface area contributed by atoms with Gasteiger partial charge in [0.15, 0.2) is 11.5 Å². The van der Waals surface area contributed by atoms with Gasteiger partial charge in [0.05, 0.1) is 11.7 Å². The van der Waals surface area contributed by atoms with Crippen molar-refractivity contribution in [1.29, 1.82) is 0 Å². The second-order valence-electron chi connectivity index (χ2n) is 5.67.